The van der Waals surface area contributed by atoms with Gasteiger partial charge in [0.2, 0.25) is 5.91 Å². The Morgan fingerprint density at radius 1 is 1.16 bits per heavy atom. The van der Waals surface area contributed by atoms with Gasteiger partial charge in [0.15, 0.2) is 5.16 Å². The highest BCUT2D eigenvalue weighted by Gasteiger charge is 2.23. The second-order valence-corrected chi connectivity index (χ2v) is 8.63. The number of rotatable bonds is 6. The number of nitrogens with one attached hydrogen (secondary N) is 1. The molecule has 0 unspecified atom stereocenters. The fourth-order valence-corrected chi connectivity index (χ4v) is 4.14. The molecule has 166 valence electrons. The molecule has 2 aromatic heterocycles. The van der Waals surface area contributed by atoms with Crippen LogP contribution in [0.4, 0.5) is 11.5 Å². The minimum atomic E-state index is -0.174. The van der Waals surface area contributed by atoms with Crippen molar-refractivity contribution in [2.45, 2.75) is 5.16 Å². The number of anilines is 2. The number of amides is 2. The van der Waals surface area contributed by atoms with Gasteiger partial charge in [0.25, 0.3) is 5.91 Å². The molecule has 0 spiro atoms. The van der Waals surface area contributed by atoms with Crippen molar-refractivity contribution < 1.29 is 9.59 Å². The van der Waals surface area contributed by atoms with Crippen LogP contribution in [-0.4, -0.2) is 68.4 Å². The fourth-order valence-electron chi connectivity index (χ4n) is 3.34. The Morgan fingerprint density at radius 2 is 1.97 bits per heavy atom. The summed E-state index contributed by atoms with van der Waals surface area (Å²) in [4.78, 5) is 33.6. The van der Waals surface area contributed by atoms with E-state index in [2.05, 4.69) is 25.4 Å². The summed E-state index contributed by atoms with van der Waals surface area (Å²) in [7, 11) is 1.82. The summed E-state index contributed by atoms with van der Waals surface area (Å²) in [6.45, 7) is 2.56. The van der Waals surface area contributed by atoms with E-state index >= 15 is 0 Å². The fraction of sp³-hybridized carbons (Fsp3) is 0.286. The molecule has 0 aliphatic carbocycles. The number of pyridine rings is 1. The van der Waals surface area contributed by atoms with Gasteiger partial charge in [0.1, 0.15) is 12.1 Å². The summed E-state index contributed by atoms with van der Waals surface area (Å²) < 4.78 is 1.75. The lowest BCUT2D eigenvalue weighted by Crippen LogP contribution is -2.49. The lowest BCUT2D eigenvalue weighted by molar-refractivity contribution is -0.113. The van der Waals surface area contributed by atoms with Gasteiger partial charge in [-0.25, -0.2) is 4.98 Å². The summed E-state index contributed by atoms with van der Waals surface area (Å²) in [5.41, 5.74) is 1.13. The first-order chi connectivity index (χ1) is 15.5. The maximum Gasteiger partial charge on any atom is 0.254 e. The number of hydrogen-bond acceptors (Lipinski definition) is 7. The van der Waals surface area contributed by atoms with E-state index < -0.39 is 0 Å². The summed E-state index contributed by atoms with van der Waals surface area (Å²) >= 11 is 7.21. The highest BCUT2D eigenvalue weighted by Crippen LogP contribution is 2.19. The molecular weight excluding hydrogens is 450 g/mol. The number of piperazine rings is 1. The smallest absolute Gasteiger partial charge is 0.254 e. The maximum atomic E-state index is 13.0. The van der Waals surface area contributed by atoms with Crippen LogP contribution in [0.2, 0.25) is 5.02 Å². The van der Waals surface area contributed by atoms with Crippen LogP contribution in [0, 0.1) is 0 Å². The summed E-state index contributed by atoms with van der Waals surface area (Å²) in [5, 5.41) is 11.8. The van der Waals surface area contributed by atoms with Crippen LogP contribution in [0.25, 0.3) is 0 Å². The molecular formula is C21H22ClN7O2S. The number of carbonyl (C=O) groups is 2. The molecule has 1 aliphatic heterocycles. The molecule has 0 bridgehead atoms. The average Bonchev–Trinajstić information content (AvgIpc) is 3.23. The minimum absolute atomic E-state index is 0.0572. The third-order valence-corrected chi connectivity index (χ3v) is 6.26. The van der Waals surface area contributed by atoms with E-state index in [1.54, 1.807) is 41.4 Å². The molecule has 0 saturated carbocycles. The van der Waals surface area contributed by atoms with Crippen molar-refractivity contribution in [1.29, 1.82) is 0 Å². The molecule has 0 atom stereocenters. The Morgan fingerprint density at radius 3 is 2.66 bits per heavy atom. The molecule has 4 rings (SSSR count). The van der Waals surface area contributed by atoms with Crippen LogP contribution in [0.1, 0.15) is 10.4 Å². The van der Waals surface area contributed by atoms with Crippen molar-refractivity contribution in [2.24, 2.45) is 7.05 Å². The van der Waals surface area contributed by atoms with Crippen molar-refractivity contribution in [2.75, 3.05) is 42.1 Å². The monoisotopic (exact) mass is 471 g/mol. The zero-order chi connectivity index (χ0) is 22.5. The van der Waals surface area contributed by atoms with Crippen molar-refractivity contribution in [1.82, 2.24) is 24.6 Å². The van der Waals surface area contributed by atoms with E-state index in [0.717, 1.165) is 5.82 Å². The van der Waals surface area contributed by atoms with E-state index in [1.165, 1.54) is 11.8 Å². The molecule has 1 saturated heterocycles. The van der Waals surface area contributed by atoms with Gasteiger partial charge in [-0.05, 0) is 30.3 Å². The molecule has 3 heterocycles. The summed E-state index contributed by atoms with van der Waals surface area (Å²) in [6.07, 6.45) is 3.21. The Labute approximate surface area is 194 Å². The third kappa shape index (κ3) is 5.38. The van der Waals surface area contributed by atoms with Crippen molar-refractivity contribution in [3.8, 4) is 0 Å². The Balaban J connectivity index is 1.31. The Hall–Kier alpha value is -3.11. The summed E-state index contributed by atoms with van der Waals surface area (Å²) in [6, 6.07) is 10.7. The number of aromatic nitrogens is 4. The second kappa shape index (κ2) is 10.0. The van der Waals surface area contributed by atoms with Gasteiger partial charge in [0, 0.05) is 50.7 Å². The standard InChI is InChI=1S/C21H22ClN7O2S/c1-27-14-24-26-21(27)32-13-19(30)25-17-4-2-3-15(11-17)20(31)29-9-7-28(8-10-29)18-6-5-16(22)12-23-18/h2-6,11-12,14H,7-10,13H2,1H3,(H,25,30). The van der Waals surface area contributed by atoms with Gasteiger partial charge in [0.05, 0.1) is 10.8 Å². The molecule has 1 N–H and O–H groups in total. The quantitative estimate of drug-likeness (QED) is 0.552. The van der Waals surface area contributed by atoms with Crippen LogP contribution in [0.15, 0.2) is 54.1 Å². The maximum absolute atomic E-state index is 13.0. The van der Waals surface area contributed by atoms with Crippen LogP contribution in [0.3, 0.4) is 0 Å². The number of halogens is 1. The van der Waals surface area contributed by atoms with E-state index in [4.69, 9.17) is 11.6 Å². The predicted molar refractivity (Wildman–Crippen MR) is 124 cm³/mol. The van der Waals surface area contributed by atoms with Gasteiger partial charge in [-0.15, -0.1) is 10.2 Å². The van der Waals surface area contributed by atoms with Gasteiger partial charge in [-0.3, -0.25) is 9.59 Å². The van der Waals surface area contributed by atoms with Crippen molar-refractivity contribution in [3.63, 3.8) is 0 Å². The van der Waals surface area contributed by atoms with Crippen LogP contribution >= 0.6 is 23.4 Å². The molecule has 9 nitrogen and oxygen atoms in total. The van der Waals surface area contributed by atoms with E-state index in [1.807, 2.05) is 24.1 Å². The lowest BCUT2D eigenvalue weighted by Gasteiger charge is -2.35. The van der Waals surface area contributed by atoms with E-state index in [-0.39, 0.29) is 17.6 Å². The second-order valence-electron chi connectivity index (χ2n) is 7.26. The molecule has 1 aromatic carbocycles. The molecule has 1 fully saturated rings. The normalized spacial score (nSPS) is 13.8. The van der Waals surface area contributed by atoms with Gasteiger partial charge in [-0.1, -0.05) is 29.4 Å². The third-order valence-electron chi connectivity index (χ3n) is 5.00. The van der Waals surface area contributed by atoms with Crippen molar-refractivity contribution >= 4 is 46.7 Å². The average molecular weight is 472 g/mol. The molecule has 0 radical (unpaired) electrons. The van der Waals surface area contributed by atoms with Crippen LogP contribution in [-0.2, 0) is 11.8 Å². The number of aryl methyl sites for hydroxylation is 1. The number of carbonyl (C=O) groups excluding carboxylic acids is 2. The molecule has 11 heteroatoms. The summed E-state index contributed by atoms with van der Waals surface area (Å²) in [5.74, 6) is 0.821. The molecule has 1 aliphatic rings. The number of hydrogen-bond donors (Lipinski definition) is 1. The highest BCUT2D eigenvalue weighted by molar-refractivity contribution is 7.99. The van der Waals surface area contributed by atoms with Crippen molar-refractivity contribution in [3.05, 3.63) is 59.5 Å². The topological polar surface area (TPSA) is 96.2 Å². The number of nitrogens with zero attached hydrogens (tertiary/aromatic N) is 6. The zero-order valence-electron chi connectivity index (χ0n) is 17.4. The van der Waals surface area contributed by atoms with Gasteiger partial charge >= 0.3 is 0 Å². The van der Waals surface area contributed by atoms with Gasteiger partial charge < -0.3 is 19.7 Å². The lowest BCUT2D eigenvalue weighted by atomic mass is 10.1. The minimum Gasteiger partial charge on any atom is -0.353 e. The highest BCUT2D eigenvalue weighted by atomic mass is 35.5. The van der Waals surface area contributed by atoms with E-state index in [9.17, 15) is 9.59 Å². The first-order valence-corrected chi connectivity index (χ1v) is 11.4. The first kappa shape index (κ1) is 22.1. The SMILES string of the molecule is Cn1cnnc1SCC(=O)Nc1cccc(C(=O)N2CCN(c3ccc(Cl)cn3)CC2)c1. The predicted octanol–water partition coefficient (Wildman–Crippen LogP) is 2.56. The van der Waals surface area contributed by atoms with Gasteiger partial charge in [-0.2, -0.15) is 0 Å². The van der Waals surface area contributed by atoms with Crippen LogP contribution < -0.4 is 10.2 Å². The Bertz CT molecular complexity index is 1100. The zero-order valence-corrected chi connectivity index (χ0v) is 19.0. The first-order valence-electron chi connectivity index (χ1n) is 10.0. The molecule has 32 heavy (non-hydrogen) atoms. The largest absolute Gasteiger partial charge is 0.353 e. The van der Waals surface area contributed by atoms with E-state index in [0.29, 0.717) is 47.6 Å². The number of benzene rings is 1. The Kier molecular flexibility index (Phi) is 6.91. The molecule has 2 amide bonds. The molecule has 3 aromatic rings. The number of thioether (sulfide) groups is 1. The van der Waals surface area contributed by atoms with Crippen LogP contribution in [0.5, 0.6) is 0 Å².